The van der Waals surface area contributed by atoms with E-state index in [1.54, 1.807) is 0 Å². The number of rotatable bonds is 6. The van der Waals surface area contributed by atoms with Crippen molar-refractivity contribution < 1.29 is 0 Å². The summed E-state index contributed by atoms with van der Waals surface area (Å²) in [7, 11) is 0. The Morgan fingerprint density at radius 3 is 1.40 bits per heavy atom. The first-order valence-electron chi connectivity index (χ1n) is 21.6. The largest absolute Gasteiger partial charge is 0.337 e. The van der Waals surface area contributed by atoms with Gasteiger partial charge in [0.25, 0.3) is 0 Å². The predicted molar refractivity (Wildman–Crippen MR) is 251 cm³/mol. The number of para-hydroxylation sites is 6. The number of anilines is 6. The smallest absolute Gasteiger partial charge is 0.0539 e. The monoisotopic (exact) mass is 771 g/mol. The van der Waals surface area contributed by atoms with E-state index < -0.39 is 5.41 Å². The normalized spacial score (nSPS) is 17.1. The number of fused-ring (bicyclic) bond motifs is 11. The molecule has 3 nitrogen and oxygen atoms in total. The van der Waals surface area contributed by atoms with E-state index in [-0.39, 0.29) is 0 Å². The van der Waals surface area contributed by atoms with Gasteiger partial charge in [-0.05, 0) is 125 Å². The van der Waals surface area contributed by atoms with Gasteiger partial charge in [0.1, 0.15) is 0 Å². The molecular weight excluding hydrogens is 727 g/mol. The molecule has 3 heteroatoms. The van der Waals surface area contributed by atoms with Gasteiger partial charge in [0.2, 0.25) is 0 Å². The Kier molecular flexibility index (Phi) is 8.16. The molecule has 0 radical (unpaired) electrons. The molecular formula is C57H45N3. The zero-order chi connectivity index (χ0) is 39.6. The average molecular weight is 772 g/mol. The maximum Gasteiger partial charge on any atom is 0.0539 e. The molecule has 1 spiro atoms. The second-order valence-corrected chi connectivity index (χ2v) is 16.7. The van der Waals surface area contributed by atoms with Crippen molar-refractivity contribution >= 4 is 68.1 Å². The molecule has 288 valence electrons. The third-order valence-corrected chi connectivity index (χ3v) is 13.7. The van der Waals surface area contributed by atoms with Gasteiger partial charge < -0.3 is 14.4 Å². The fourth-order valence-corrected chi connectivity index (χ4v) is 11.4. The molecule has 1 aliphatic heterocycles. The van der Waals surface area contributed by atoms with Crippen molar-refractivity contribution in [2.75, 3.05) is 9.80 Å². The van der Waals surface area contributed by atoms with Crippen LogP contribution in [0.25, 0.3) is 34.0 Å². The molecule has 2 atom stereocenters. The summed E-state index contributed by atoms with van der Waals surface area (Å²) in [4.78, 5) is 4.87. The highest BCUT2D eigenvalue weighted by Crippen LogP contribution is 2.62. The summed E-state index contributed by atoms with van der Waals surface area (Å²) >= 11 is 0. The van der Waals surface area contributed by atoms with Crippen LogP contribution in [0.15, 0.2) is 200 Å². The fourth-order valence-electron chi connectivity index (χ4n) is 11.4. The number of benzene rings is 8. The summed E-state index contributed by atoms with van der Waals surface area (Å²) in [6.07, 6.45) is 9.54. The summed E-state index contributed by atoms with van der Waals surface area (Å²) in [6.45, 7) is 0. The van der Waals surface area contributed by atoms with Crippen LogP contribution in [0.3, 0.4) is 0 Å². The predicted octanol–water partition coefficient (Wildman–Crippen LogP) is 15.3. The zero-order valence-electron chi connectivity index (χ0n) is 33.5. The molecule has 1 unspecified atom stereocenters. The van der Waals surface area contributed by atoms with Gasteiger partial charge in [0.05, 0.1) is 10.9 Å². The van der Waals surface area contributed by atoms with Crippen LogP contribution < -0.4 is 9.80 Å². The molecule has 0 amide bonds. The van der Waals surface area contributed by atoms with E-state index in [1.807, 2.05) is 0 Å². The zero-order valence-corrected chi connectivity index (χ0v) is 33.5. The van der Waals surface area contributed by atoms with Gasteiger partial charge in [-0.15, -0.1) is 0 Å². The lowest BCUT2D eigenvalue weighted by Gasteiger charge is -2.53. The second kappa shape index (κ2) is 14.0. The lowest BCUT2D eigenvalue weighted by molar-refractivity contribution is 0.176. The minimum absolute atomic E-state index is 0.312. The van der Waals surface area contributed by atoms with E-state index in [9.17, 15) is 0 Å². The Morgan fingerprint density at radius 2 is 0.867 bits per heavy atom. The van der Waals surface area contributed by atoms with Crippen molar-refractivity contribution in [2.24, 2.45) is 5.92 Å². The molecule has 1 saturated carbocycles. The summed E-state index contributed by atoms with van der Waals surface area (Å²) in [5.74, 6) is 0.312. The molecule has 0 N–H and O–H groups in total. The highest BCUT2D eigenvalue weighted by Gasteiger charge is 2.54. The third kappa shape index (κ3) is 5.21. The number of hydrogen-bond acceptors (Lipinski definition) is 2. The summed E-state index contributed by atoms with van der Waals surface area (Å²) in [5, 5.41) is 2.70. The van der Waals surface area contributed by atoms with Gasteiger partial charge in [-0.3, -0.25) is 0 Å². The van der Waals surface area contributed by atoms with E-state index in [2.05, 4.69) is 227 Å². The van der Waals surface area contributed by atoms with Crippen LogP contribution in [-0.2, 0) is 5.41 Å². The topological polar surface area (TPSA) is 11.4 Å². The lowest BCUT2D eigenvalue weighted by Crippen LogP contribution is -2.47. The molecule has 0 bridgehead atoms. The quantitative estimate of drug-likeness (QED) is 0.167. The van der Waals surface area contributed by atoms with E-state index in [1.165, 1.54) is 73.8 Å². The molecule has 60 heavy (non-hydrogen) atoms. The van der Waals surface area contributed by atoms with Gasteiger partial charge in [-0.1, -0.05) is 146 Å². The number of aromatic nitrogens is 1. The summed E-state index contributed by atoms with van der Waals surface area (Å²) < 4.78 is 2.78. The van der Waals surface area contributed by atoms with Crippen molar-refractivity contribution in [1.82, 2.24) is 4.57 Å². The van der Waals surface area contributed by atoms with Crippen LogP contribution in [-0.4, -0.2) is 4.57 Å². The van der Waals surface area contributed by atoms with Crippen LogP contribution in [0.5, 0.6) is 0 Å². The number of nitrogens with zero attached hydrogens (tertiary/aromatic N) is 3. The first kappa shape index (κ1) is 34.9. The molecule has 2 aliphatic carbocycles. The molecule has 9 aromatic rings. The summed E-state index contributed by atoms with van der Waals surface area (Å²) in [5.41, 5.74) is 16.0. The number of hydrogen-bond donors (Lipinski definition) is 0. The fraction of sp³-hybridized carbons (Fsp3) is 0.123. The lowest BCUT2D eigenvalue weighted by atomic mass is 9.54. The van der Waals surface area contributed by atoms with E-state index in [0.29, 0.717) is 12.0 Å². The maximum absolute atomic E-state index is 2.78. The van der Waals surface area contributed by atoms with Crippen molar-refractivity contribution in [2.45, 2.75) is 37.1 Å². The van der Waals surface area contributed by atoms with E-state index in [0.717, 1.165) is 35.6 Å². The van der Waals surface area contributed by atoms with Gasteiger partial charge >= 0.3 is 0 Å². The van der Waals surface area contributed by atoms with Gasteiger partial charge in [-0.2, -0.15) is 0 Å². The van der Waals surface area contributed by atoms with Crippen molar-refractivity contribution in [3.8, 4) is 0 Å². The molecule has 1 aromatic heterocycles. The average Bonchev–Trinajstić information content (AvgIpc) is 3.59. The van der Waals surface area contributed by atoms with Crippen LogP contribution in [0.1, 0.15) is 59.5 Å². The van der Waals surface area contributed by atoms with Crippen molar-refractivity contribution in [1.29, 1.82) is 0 Å². The molecule has 8 aromatic carbocycles. The SMILES string of the molecule is C1=Cc2ccc(N(c3ccccc3)c3ccccc3)cc2C2(c3cc(N(c4ccccc4)c4ccccc4)ccc31)c1cccc3c4ccccc4n(c13)[C@H]1CCCCC12. The van der Waals surface area contributed by atoms with Crippen LogP contribution >= 0.6 is 0 Å². The Hall–Kier alpha value is -7.10. The summed E-state index contributed by atoms with van der Waals surface area (Å²) in [6, 6.07) is 74.8. The third-order valence-electron chi connectivity index (χ3n) is 13.7. The Labute approximate surface area is 352 Å². The first-order valence-corrected chi connectivity index (χ1v) is 21.6. The molecule has 2 heterocycles. The molecule has 0 saturated heterocycles. The van der Waals surface area contributed by atoms with Crippen molar-refractivity contribution in [3.63, 3.8) is 0 Å². The van der Waals surface area contributed by atoms with Gasteiger partial charge in [0.15, 0.2) is 0 Å². The maximum atomic E-state index is 2.78. The Bertz CT molecular complexity index is 2840. The highest BCUT2D eigenvalue weighted by molar-refractivity contribution is 6.10. The van der Waals surface area contributed by atoms with Gasteiger partial charge in [-0.25, -0.2) is 0 Å². The molecule has 12 rings (SSSR count). The minimum atomic E-state index is -0.465. The second-order valence-electron chi connectivity index (χ2n) is 16.7. The van der Waals surface area contributed by atoms with Crippen LogP contribution in [0.4, 0.5) is 34.1 Å². The van der Waals surface area contributed by atoms with Crippen LogP contribution in [0.2, 0.25) is 0 Å². The van der Waals surface area contributed by atoms with Gasteiger partial charge in [0, 0.05) is 56.5 Å². The molecule has 1 fully saturated rings. The standard InChI is InChI=1S/C57H45N3/c1-5-18-42(19-6-1)58(43-20-7-2-8-21-43)46-36-34-40-32-33-41-35-37-47(59(44-22-9-3-10-23-44)45-24-11-4-12-25-45)39-53(41)57(52(40)38-46)50-28-14-16-31-55(50)60-54-30-15-13-26-48(54)49-27-17-29-51(57)56(49)60/h1-13,15,17-27,29-30,32-39,50,55H,14,16,28,31H2/t50?,55-/m0/s1. The first-order chi connectivity index (χ1) is 29.8. The molecule has 3 aliphatic rings. The van der Waals surface area contributed by atoms with Crippen LogP contribution in [0, 0.1) is 5.92 Å². The Morgan fingerprint density at radius 1 is 0.400 bits per heavy atom. The minimum Gasteiger partial charge on any atom is -0.337 e. The van der Waals surface area contributed by atoms with Crippen molar-refractivity contribution in [3.05, 3.63) is 228 Å². The highest BCUT2D eigenvalue weighted by atomic mass is 15.1. The Balaban J connectivity index is 1.21. The van der Waals surface area contributed by atoms with E-state index in [4.69, 9.17) is 0 Å². The van der Waals surface area contributed by atoms with E-state index >= 15 is 0 Å².